The standard InChI is InChI=1S/C25H31N5O5/c1-3-4-13-35-24(34)16-5-7-17(8-6-16)26-22(32)18-14-19(31)27-21-20(18)23(33)29-25(28-21)30-11-9-15(2)10-12-30/h5-8,15,18H,3-4,9-14H2,1-2H3,(H,26,32)(H2,27,28,29,31,33). The number of aromatic nitrogens is 2. The molecule has 10 heteroatoms. The Bertz CT molecular complexity index is 1150. The third-order valence-electron chi connectivity index (χ3n) is 6.46. The van der Waals surface area contributed by atoms with E-state index in [1.807, 2.05) is 11.8 Å². The molecular formula is C25H31N5O5. The van der Waals surface area contributed by atoms with E-state index in [4.69, 9.17) is 4.74 Å². The SMILES string of the molecule is CCCCOC(=O)c1ccc(NC(=O)C2CC(=O)Nc3nc(N4CCC(C)CC4)[nH]c(=O)c32)cc1. The molecule has 2 aliphatic heterocycles. The summed E-state index contributed by atoms with van der Waals surface area (Å²) in [6.07, 6.45) is 3.55. The van der Waals surface area contributed by atoms with Crippen molar-refractivity contribution in [2.24, 2.45) is 5.92 Å². The summed E-state index contributed by atoms with van der Waals surface area (Å²) < 4.78 is 5.19. The minimum atomic E-state index is -0.982. The molecule has 1 atom stereocenters. The van der Waals surface area contributed by atoms with Crippen LogP contribution in [0.4, 0.5) is 17.5 Å². The van der Waals surface area contributed by atoms with Crippen molar-refractivity contribution in [3.63, 3.8) is 0 Å². The molecule has 1 aromatic carbocycles. The quantitative estimate of drug-likeness (QED) is 0.409. The van der Waals surface area contributed by atoms with Crippen LogP contribution >= 0.6 is 0 Å². The summed E-state index contributed by atoms with van der Waals surface area (Å²) >= 11 is 0. The summed E-state index contributed by atoms with van der Waals surface area (Å²) in [4.78, 5) is 59.8. The number of amides is 2. The predicted octanol–water partition coefficient (Wildman–Crippen LogP) is 3.03. The largest absolute Gasteiger partial charge is 0.462 e. The lowest BCUT2D eigenvalue weighted by molar-refractivity contribution is -0.123. The van der Waals surface area contributed by atoms with Crippen LogP contribution in [0.2, 0.25) is 0 Å². The number of carbonyl (C=O) groups excluding carboxylic acids is 3. The second-order valence-corrected chi connectivity index (χ2v) is 9.18. The molecule has 0 bridgehead atoms. The lowest BCUT2D eigenvalue weighted by atomic mass is 9.92. The summed E-state index contributed by atoms with van der Waals surface area (Å²) in [5.41, 5.74) is 0.527. The van der Waals surface area contributed by atoms with Crippen molar-refractivity contribution in [3.05, 3.63) is 45.7 Å². The fraction of sp³-hybridized carbons (Fsp3) is 0.480. The molecule has 3 heterocycles. The first kappa shape index (κ1) is 24.4. The van der Waals surface area contributed by atoms with Crippen LogP contribution in [-0.2, 0) is 14.3 Å². The van der Waals surface area contributed by atoms with Crippen LogP contribution in [0, 0.1) is 5.92 Å². The zero-order valence-electron chi connectivity index (χ0n) is 20.1. The maximum absolute atomic E-state index is 13.1. The number of fused-ring (bicyclic) bond motifs is 1. The average Bonchev–Trinajstić information content (AvgIpc) is 2.84. The second kappa shape index (κ2) is 10.7. The van der Waals surface area contributed by atoms with Gasteiger partial charge in [-0.05, 0) is 49.4 Å². The third kappa shape index (κ3) is 5.70. The van der Waals surface area contributed by atoms with Gasteiger partial charge in [-0.25, -0.2) is 4.79 Å². The smallest absolute Gasteiger partial charge is 0.338 e. The van der Waals surface area contributed by atoms with Gasteiger partial charge in [-0.1, -0.05) is 20.3 Å². The number of nitrogens with zero attached hydrogens (tertiary/aromatic N) is 2. The summed E-state index contributed by atoms with van der Waals surface area (Å²) in [6, 6.07) is 6.29. The summed E-state index contributed by atoms with van der Waals surface area (Å²) in [7, 11) is 0. The molecule has 1 unspecified atom stereocenters. The lowest BCUT2D eigenvalue weighted by Gasteiger charge is -2.31. The van der Waals surface area contributed by atoms with Crippen molar-refractivity contribution in [2.75, 3.05) is 35.2 Å². The molecule has 0 aliphatic carbocycles. The van der Waals surface area contributed by atoms with Crippen LogP contribution < -0.4 is 21.1 Å². The van der Waals surface area contributed by atoms with E-state index in [0.717, 1.165) is 38.8 Å². The van der Waals surface area contributed by atoms with Gasteiger partial charge in [0, 0.05) is 25.2 Å². The first-order valence-corrected chi connectivity index (χ1v) is 12.1. The number of unbranched alkanes of at least 4 members (excludes halogenated alkanes) is 1. The molecule has 1 saturated heterocycles. The highest BCUT2D eigenvalue weighted by atomic mass is 16.5. The van der Waals surface area contributed by atoms with Gasteiger partial charge in [0.2, 0.25) is 17.8 Å². The van der Waals surface area contributed by atoms with Gasteiger partial charge >= 0.3 is 5.97 Å². The van der Waals surface area contributed by atoms with Crippen molar-refractivity contribution >= 4 is 35.2 Å². The number of ether oxygens (including phenoxy) is 1. The molecule has 1 aromatic heterocycles. The molecule has 0 radical (unpaired) electrons. The van der Waals surface area contributed by atoms with Crippen molar-refractivity contribution < 1.29 is 19.1 Å². The van der Waals surface area contributed by atoms with Crippen molar-refractivity contribution in [3.8, 4) is 0 Å². The third-order valence-corrected chi connectivity index (χ3v) is 6.46. The van der Waals surface area contributed by atoms with Crippen LogP contribution in [0.1, 0.15) is 67.8 Å². The Morgan fingerprint density at radius 2 is 1.89 bits per heavy atom. The van der Waals surface area contributed by atoms with E-state index >= 15 is 0 Å². The predicted molar refractivity (Wildman–Crippen MR) is 132 cm³/mol. The highest BCUT2D eigenvalue weighted by molar-refractivity contribution is 6.04. The summed E-state index contributed by atoms with van der Waals surface area (Å²) in [6.45, 7) is 6.10. The second-order valence-electron chi connectivity index (χ2n) is 9.18. The maximum Gasteiger partial charge on any atom is 0.338 e. The molecule has 10 nitrogen and oxygen atoms in total. The number of hydrogen-bond acceptors (Lipinski definition) is 7. The fourth-order valence-corrected chi connectivity index (χ4v) is 4.27. The number of carbonyl (C=O) groups is 3. The highest BCUT2D eigenvalue weighted by Crippen LogP contribution is 2.31. The zero-order valence-corrected chi connectivity index (χ0v) is 20.1. The van der Waals surface area contributed by atoms with E-state index < -0.39 is 23.4 Å². The van der Waals surface area contributed by atoms with Gasteiger partial charge in [0.25, 0.3) is 5.56 Å². The number of nitrogens with one attached hydrogen (secondary N) is 3. The number of H-pyrrole nitrogens is 1. The van der Waals surface area contributed by atoms with Gasteiger partial charge in [-0.3, -0.25) is 19.4 Å². The zero-order chi connectivity index (χ0) is 24.9. The van der Waals surface area contributed by atoms with E-state index in [2.05, 4.69) is 27.5 Å². The number of anilines is 3. The molecule has 2 aliphatic rings. The van der Waals surface area contributed by atoms with Crippen molar-refractivity contribution in [2.45, 2.75) is 51.9 Å². The molecule has 1 fully saturated rings. The normalized spacial score (nSPS) is 17.9. The average molecular weight is 482 g/mol. The monoisotopic (exact) mass is 481 g/mol. The van der Waals surface area contributed by atoms with E-state index in [9.17, 15) is 19.2 Å². The minimum absolute atomic E-state index is 0.129. The first-order valence-electron chi connectivity index (χ1n) is 12.1. The molecule has 2 aromatic rings. The van der Waals surface area contributed by atoms with Crippen molar-refractivity contribution in [1.82, 2.24) is 9.97 Å². The number of benzene rings is 1. The van der Waals surface area contributed by atoms with Crippen LogP contribution in [0.25, 0.3) is 0 Å². The van der Waals surface area contributed by atoms with E-state index in [1.165, 1.54) is 0 Å². The Balaban J connectivity index is 1.49. The maximum atomic E-state index is 13.1. The van der Waals surface area contributed by atoms with Gasteiger partial charge in [0.05, 0.1) is 23.7 Å². The van der Waals surface area contributed by atoms with E-state index in [-0.39, 0.29) is 23.7 Å². The Morgan fingerprint density at radius 3 is 2.57 bits per heavy atom. The molecule has 2 amide bonds. The molecule has 186 valence electrons. The Labute approximate surface area is 203 Å². The van der Waals surface area contributed by atoms with Crippen molar-refractivity contribution in [1.29, 1.82) is 0 Å². The highest BCUT2D eigenvalue weighted by Gasteiger charge is 2.35. The minimum Gasteiger partial charge on any atom is -0.462 e. The van der Waals surface area contributed by atoms with Crippen LogP contribution in [0.3, 0.4) is 0 Å². The fourth-order valence-electron chi connectivity index (χ4n) is 4.27. The van der Waals surface area contributed by atoms with Gasteiger partial charge in [-0.15, -0.1) is 0 Å². The Kier molecular flexibility index (Phi) is 7.48. The van der Waals surface area contributed by atoms with Gasteiger partial charge in [0.15, 0.2) is 0 Å². The lowest BCUT2D eigenvalue weighted by Crippen LogP contribution is -2.39. The van der Waals surface area contributed by atoms with Gasteiger partial charge in [0.1, 0.15) is 5.82 Å². The van der Waals surface area contributed by atoms with Crippen LogP contribution in [0.5, 0.6) is 0 Å². The van der Waals surface area contributed by atoms with E-state index in [0.29, 0.717) is 29.7 Å². The molecular weight excluding hydrogens is 450 g/mol. The van der Waals surface area contributed by atoms with Crippen LogP contribution in [0.15, 0.2) is 29.1 Å². The molecule has 0 spiro atoms. The summed E-state index contributed by atoms with van der Waals surface area (Å²) in [5.74, 6) is -1.13. The Hall–Kier alpha value is -3.69. The number of piperidine rings is 1. The number of hydrogen-bond donors (Lipinski definition) is 3. The molecule has 35 heavy (non-hydrogen) atoms. The number of rotatable bonds is 7. The van der Waals surface area contributed by atoms with Crippen LogP contribution in [-0.4, -0.2) is 47.4 Å². The summed E-state index contributed by atoms with van der Waals surface area (Å²) in [5, 5.41) is 5.39. The first-order chi connectivity index (χ1) is 16.9. The van der Waals surface area contributed by atoms with Gasteiger partial charge in [-0.2, -0.15) is 4.98 Å². The number of aromatic amines is 1. The molecule has 4 rings (SSSR count). The molecule has 3 N–H and O–H groups in total. The van der Waals surface area contributed by atoms with E-state index in [1.54, 1.807) is 24.3 Å². The number of esters is 1. The Morgan fingerprint density at radius 1 is 1.17 bits per heavy atom. The van der Waals surface area contributed by atoms with Gasteiger partial charge < -0.3 is 20.3 Å². The molecule has 0 saturated carbocycles. The topological polar surface area (TPSA) is 133 Å².